The predicted octanol–water partition coefficient (Wildman–Crippen LogP) is 1.63. The summed E-state index contributed by atoms with van der Waals surface area (Å²) in [5.74, 6) is 3.34. The van der Waals surface area contributed by atoms with Crippen LogP contribution in [0.5, 0.6) is 5.75 Å². The average molecular weight is 147 g/mol. The zero-order chi connectivity index (χ0) is 8.10. The molecule has 0 amide bonds. The maximum absolute atomic E-state index is 5.46. The average Bonchev–Trinajstić information content (AvgIpc) is 2.04. The summed E-state index contributed by atoms with van der Waals surface area (Å²) in [6, 6.07) is 7.10. The third-order valence-corrected chi connectivity index (χ3v) is 1.15. The standard InChI is InChI=1S/C9H9NO/c1-2-7-11-9-5-3-8(10)4-6-9/h3-6H,10H2,1H3. The molecule has 0 aliphatic heterocycles. The Bertz CT molecular complexity index is 279. The molecule has 0 saturated heterocycles. The number of nitrogens with two attached hydrogens (primary N) is 1. The Balaban J connectivity index is 2.71. The number of anilines is 1. The number of nitrogen functional groups attached to an aromatic ring is 1. The maximum Gasteiger partial charge on any atom is 0.140 e. The summed E-state index contributed by atoms with van der Waals surface area (Å²) >= 11 is 0. The summed E-state index contributed by atoms with van der Waals surface area (Å²) in [6.07, 6.45) is 2.49. The molecule has 2 N–H and O–H groups in total. The van der Waals surface area contributed by atoms with Gasteiger partial charge in [-0.25, -0.2) is 0 Å². The fourth-order valence-corrected chi connectivity index (χ4v) is 0.646. The first-order valence-corrected chi connectivity index (χ1v) is 3.27. The van der Waals surface area contributed by atoms with Gasteiger partial charge in [0.2, 0.25) is 0 Å². The molecule has 0 bridgehead atoms. The van der Waals surface area contributed by atoms with Crippen LogP contribution in [0.25, 0.3) is 0 Å². The zero-order valence-electron chi connectivity index (χ0n) is 6.29. The third kappa shape index (κ3) is 2.23. The molecule has 0 heterocycles. The van der Waals surface area contributed by atoms with Crippen LogP contribution in [0.1, 0.15) is 6.92 Å². The predicted molar refractivity (Wildman–Crippen MR) is 44.9 cm³/mol. The Morgan fingerprint density at radius 2 is 1.91 bits per heavy atom. The first-order chi connectivity index (χ1) is 5.33. The van der Waals surface area contributed by atoms with Crippen molar-refractivity contribution >= 4 is 5.69 Å². The van der Waals surface area contributed by atoms with Crippen molar-refractivity contribution in [2.24, 2.45) is 0 Å². The summed E-state index contributed by atoms with van der Waals surface area (Å²) in [5.41, 5.74) is 6.19. The first-order valence-electron chi connectivity index (χ1n) is 3.27. The molecule has 0 aliphatic rings. The third-order valence-electron chi connectivity index (χ3n) is 1.15. The van der Waals surface area contributed by atoms with E-state index in [4.69, 9.17) is 10.5 Å². The molecule has 0 atom stereocenters. The van der Waals surface area contributed by atoms with Gasteiger partial charge in [-0.2, -0.15) is 0 Å². The number of rotatable bonds is 1. The Morgan fingerprint density at radius 3 is 2.45 bits per heavy atom. The molecule has 0 fully saturated rings. The molecule has 0 saturated carbocycles. The minimum absolute atomic E-state index is 0.716. The minimum Gasteiger partial charge on any atom is -0.408 e. The Morgan fingerprint density at radius 1 is 1.27 bits per heavy atom. The molecule has 1 aromatic carbocycles. The van der Waals surface area contributed by atoms with Crippen LogP contribution in [0.15, 0.2) is 24.3 Å². The van der Waals surface area contributed by atoms with Crippen LogP contribution >= 0.6 is 0 Å². The van der Waals surface area contributed by atoms with Gasteiger partial charge in [0.1, 0.15) is 11.9 Å². The molecular formula is C9H9NO. The number of hydrogen-bond acceptors (Lipinski definition) is 2. The summed E-state index contributed by atoms with van der Waals surface area (Å²) in [5, 5.41) is 0. The smallest absolute Gasteiger partial charge is 0.140 e. The van der Waals surface area contributed by atoms with Gasteiger partial charge in [0.25, 0.3) is 0 Å². The van der Waals surface area contributed by atoms with E-state index < -0.39 is 0 Å². The maximum atomic E-state index is 5.46. The molecule has 0 spiro atoms. The van der Waals surface area contributed by atoms with Crippen LogP contribution in [0.3, 0.4) is 0 Å². The highest BCUT2D eigenvalue weighted by Gasteiger charge is 1.88. The number of ether oxygens (including phenoxy) is 1. The molecular weight excluding hydrogens is 138 g/mol. The monoisotopic (exact) mass is 147 g/mol. The molecule has 1 aromatic rings. The lowest BCUT2D eigenvalue weighted by atomic mass is 10.3. The molecule has 2 heteroatoms. The largest absolute Gasteiger partial charge is 0.408 e. The Kier molecular flexibility index (Phi) is 2.40. The molecule has 0 aromatic heterocycles. The molecule has 2 nitrogen and oxygen atoms in total. The van der Waals surface area contributed by atoms with Crippen molar-refractivity contribution in [3.63, 3.8) is 0 Å². The molecule has 0 radical (unpaired) electrons. The van der Waals surface area contributed by atoms with E-state index in [0.29, 0.717) is 5.75 Å². The van der Waals surface area contributed by atoms with E-state index >= 15 is 0 Å². The van der Waals surface area contributed by atoms with Gasteiger partial charge in [0, 0.05) is 12.6 Å². The molecule has 1 rings (SSSR count). The lowest BCUT2D eigenvalue weighted by Gasteiger charge is -1.95. The van der Waals surface area contributed by atoms with Crippen LogP contribution in [0.2, 0.25) is 0 Å². The van der Waals surface area contributed by atoms with Crippen LogP contribution in [-0.2, 0) is 0 Å². The van der Waals surface area contributed by atoms with Crippen molar-refractivity contribution in [1.82, 2.24) is 0 Å². The van der Waals surface area contributed by atoms with Gasteiger partial charge >= 0.3 is 0 Å². The van der Waals surface area contributed by atoms with Gasteiger partial charge in [-0.05, 0) is 24.3 Å². The fraction of sp³-hybridized carbons (Fsp3) is 0.111. The quantitative estimate of drug-likeness (QED) is 0.484. The van der Waals surface area contributed by atoms with Gasteiger partial charge in [-0.1, -0.05) is 5.92 Å². The number of benzene rings is 1. The second kappa shape index (κ2) is 3.52. The second-order valence-electron chi connectivity index (χ2n) is 2.02. The van der Waals surface area contributed by atoms with E-state index in [1.54, 1.807) is 31.2 Å². The summed E-state index contributed by atoms with van der Waals surface area (Å²) in [4.78, 5) is 0. The van der Waals surface area contributed by atoms with E-state index in [9.17, 15) is 0 Å². The van der Waals surface area contributed by atoms with Gasteiger partial charge < -0.3 is 10.5 Å². The van der Waals surface area contributed by atoms with Crippen molar-refractivity contribution in [3.05, 3.63) is 24.3 Å². The highest BCUT2D eigenvalue weighted by molar-refractivity contribution is 5.41. The second-order valence-corrected chi connectivity index (χ2v) is 2.02. The van der Waals surface area contributed by atoms with E-state index in [1.807, 2.05) is 0 Å². The van der Waals surface area contributed by atoms with Crippen LogP contribution < -0.4 is 10.5 Å². The summed E-state index contributed by atoms with van der Waals surface area (Å²) in [6.45, 7) is 1.72. The number of hydrogen-bond donors (Lipinski definition) is 1. The zero-order valence-corrected chi connectivity index (χ0v) is 6.29. The summed E-state index contributed by atoms with van der Waals surface area (Å²) < 4.78 is 4.99. The van der Waals surface area contributed by atoms with Crippen molar-refractivity contribution in [2.45, 2.75) is 6.92 Å². The molecule has 0 aliphatic carbocycles. The normalized spacial score (nSPS) is 8.09. The first kappa shape index (κ1) is 7.49. The van der Waals surface area contributed by atoms with Crippen molar-refractivity contribution in [3.8, 4) is 17.8 Å². The minimum atomic E-state index is 0.716. The topological polar surface area (TPSA) is 35.2 Å². The Hall–Kier alpha value is -1.62. The van der Waals surface area contributed by atoms with E-state index in [1.165, 1.54) is 0 Å². The fourth-order valence-electron chi connectivity index (χ4n) is 0.646. The van der Waals surface area contributed by atoms with E-state index in [-0.39, 0.29) is 0 Å². The van der Waals surface area contributed by atoms with Gasteiger partial charge in [0.05, 0.1) is 0 Å². The highest BCUT2D eigenvalue weighted by atomic mass is 16.5. The van der Waals surface area contributed by atoms with Crippen LogP contribution in [-0.4, -0.2) is 0 Å². The van der Waals surface area contributed by atoms with Gasteiger partial charge in [-0.15, -0.1) is 0 Å². The summed E-state index contributed by atoms with van der Waals surface area (Å²) in [7, 11) is 0. The lowest BCUT2D eigenvalue weighted by Crippen LogP contribution is -1.85. The van der Waals surface area contributed by atoms with Crippen molar-refractivity contribution < 1.29 is 4.74 Å². The van der Waals surface area contributed by atoms with E-state index in [2.05, 4.69) is 12.0 Å². The van der Waals surface area contributed by atoms with Crippen molar-refractivity contribution in [1.29, 1.82) is 0 Å². The van der Waals surface area contributed by atoms with Crippen LogP contribution in [0, 0.1) is 12.0 Å². The van der Waals surface area contributed by atoms with E-state index in [0.717, 1.165) is 5.69 Å². The highest BCUT2D eigenvalue weighted by Crippen LogP contribution is 2.12. The van der Waals surface area contributed by atoms with Crippen molar-refractivity contribution in [2.75, 3.05) is 5.73 Å². The van der Waals surface area contributed by atoms with Crippen LogP contribution in [0.4, 0.5) is 5.69 Å². The van der Waals surface area contributed by atoms with Gasteiger partial charge in [-0.3, -0.25) is 0 Å². The SMILES string of the molecule is CC#COc1ccc(N)cc1. The lowest BCUT2D eigenvalue weighted by molar-refractivity contribution is 0.519. The molecule has 11 heavy (non-hydrogen) atoms. The Labute approximate surface area is 66.0 Å². The molecule has 56 valence electrons. The molecule has 0 unspecified atom stereocenters. The van der Waals surface area contributed by atoms with Gasteiger partial charge in [0.15, 0.2) is 0 Å².